The monoisotopic (exact) mass is 375 g/mol. The van der Waals surface area contributed by atoms with Crippen LogP contribution in [0.4, 0.5) is 0 Å². The Kier molecular flexibility index (Phi) is 6.24. The predicted molar refractivity (Wildman–Crippen MR) is 102 cm³/mol. The molecule has 0 aliphatic carbocycles. The summed E-state index contributed by atoms with van der Waals surface area (Å²) in [6.07, 6.45) is 2.25. The number of carbonyl (C=O) groups excluding carboxylic acids is 1. The Labute approximate surface area is 154 Å². The molecular formula is C19H25N3O3S. The molecule has 26 heavy (non-hydrogen) atoms. The van der Waals surface area contributed by atoms with Crippen LogP contribution in [-0.2, 0) is 14.8 Å². The van der Waals surface area contributed by atoms with Crippen molar-refractivity contribution in [3.8, 4) is 0 Å². The maximum Gasteiger partial charge on any atom is 0.240 e. The first-order valence-electron chi connectivity index (χ1n) is 9.00. The number of rotatable bonds is 8. The van der Waals surface area contributed by atoms with E-state index in [9.17, 15) is 13.2 Å². The Bertz CT molecular complexity index is 861. The third kappa shape index (κ3) is 5.03. The molecule has 1 heterocycles. The lowest BCUT2D eigenvalue weighted by Gasteiger charge is -2.10. The number of hydrogen-bond acceptors (Lipinski definition) is 4. The molecule has 1 saturated heterocycles. The molecule has 1 aliphatic heterocycles. The van der Waals surface area contributed by atoms with Crippen molar-refractivity contribution in [2.75, 3.05) is 26.2 Å². The van der Waals surface area contributed by atoms with Crippen LogP contribution in [0.5, 0.6) is 0 Å². The molecule has 0 bridgehead atoms. The second-order valence-electron chi connectivity index (χ2n) is 6.65. The molecule has 0 aromatic heterocycles. The minimum Gasteiger partial charge on any atom is -0.356 e. The van der Waals surface area contributed by atoms with Gasteiger partial charge in [-0.2, -0.15) is 0 Å². The van der Waals surface area contributed by atoms with Crippen LogP contribution in [0.1, 0.15) is 19.3 Å². The van der Waals surface area contributed by atoms with E-state index in [-0.39, 0.29) is 23.8 Å². The number of sulfonamides is 1. The van der Waals surface area contributed by atoms with Crippen molar-refractivity contribution in [1.82, 2.24) is 15.4 Å². The Morgan fingerprint density at radius 1 is 1.12 bits per heavy atom. The summed E-state index contributed by atoms with van der Waals surface area (Å²) < 4.78 is 27.3. The lowest BCUT2D eigenvalue weighted by molar-refractivity contribution is -0.120. The maximum absolute atomic E-state index is 12.4. The maximum atomic E-state index is 12.4. The minimum absolute atomic E-state index is 0.0893. The molecule has 2 aromatic carbocycles. The van der Waals surface area contributed by atoms with Gasteiger partial charge in [0, 0.05) is 19.5 Å². The third-order valence-electron chi connectivity index (χ3n) is 4.71. The summed E-state index contributed by atoms with van der Waals surface area (Å²) in [5.41, 5.74) is 0. The van der Waals surface area contributed by atoms with Gasteiger partial charge >= 0.3 is 0 Å². The Balaban J connectivity index is 1.45. The molecule has 1 aliphatic rings. The predicted octanol–water partition coefficient (Wildman–Crippen LogP) is 1.62. The van der Waals surface area contributed by atoms with Gasteiger partial charge in [-0.15, -0.1) is 0 Å². The molecule has 3 rings (SSSR count). The third-order valence-corrected chi connectivity index (χ3v) is 6.17. The van der Waals surface area contributed by atoms with Gasteiger partial charge in [0.2, 0.25) is 15.9 Å². The fraction of sp³-hybridized carbons (Fsp3) is 0.421. The second kappa shape index (κ2) is 8.62. The minimum atomic E-state index is -3.62. The van der Waals surface area contributed by atoms with E-state index in [0.717, 1.165) is 36.7 Å². The van der Waals surface area contributed by atoms with Crippen LogP contribution in [-0.4, -0.2) is 40.5 Å². The summed E-state index contributed by atoms with van der Waals surface area (Å²) in [7, 11) is -3.62. The van der Waals surface area contributed by atoms with Crippen molar-refractivity contribution >= 4 is 26.7 Å². The zero-order valence-corrected chi connectivity index (χ0v) is 15.5. The van der Waals surface area contributed by atoms with Crippen LogP contribution in [0.3, 0.4) is 0 Å². The van der Waals surface area contributed by atoms with Crippen LogP contribution < -0.4 is 15.4 Å². The highest BCUT2D eigenvalue weighted by molar-refractivity contribution is 7.89. The van der Waals surface area contributed by atoms with Gasteiger partial charge in [0.25, 0.3) is 0 Å². The number of nitrogens with one attached hydrogen (secondary N) is 3. The first-order valence-corrected chi connectivity index (χ1v) is 10.5. The molecule has 0 saturated carbocycles. The second-order valence-corrected chi connectivity index (χ2v) is 8.42. The lowest BCUT2D eigenvalue weighted by atomic mass is 10.1. The van der Waals surface area contributed by atoms with Crippen molar-refractivity contribution in [2.24, 2.45) is 5.92 Å². The van der Waals surface area contributed by atoms with Gasteiger partial charge in [-0.25, -0.2) is 13.1 Å². The smallest absolute Gasteiger partial charge is 0.240 e. The highest BCUT2D eigenvalue weighted by Gasteiger charge is 2.16. The molecule has 6 nitrogen and oxygen atoms in total. The number of carbonyl (C=O) groups is 1. The molecule has 1 fully saturated rings. The van der Waals surface area contributed by atoms with E-state index in [1.807, 2.05) is 24.3 Å². The summed E-state index contributed by atoms with van der Waals surface area (Å²) in [6.45, 7) is 2.80. The molecule has 2 aromatic rings. The normalized spacial score (nSPS) is 17.5. The average molecular weight is 375 g/mol. The largest absolute Gasteiger partial charge is 0.356 e. The Morgan fingerprint density at radius 2 is 1.92 bits per heavy atom. The van der Waals surface area contributed by atoms with Crippen LogP contribution in [0.25, 0.3) is 10.8 Å². The van der Waals surface area contributed by atoms with Crippen LogP contribution in [0, 0.1) is 5.92 Å². The molecule has 0 spiro atoms. The van der Waals surface area contributed by atoms with E-state index in [1.165, 1.54) is 0 Å². The topological polar surface area (TPSA) is 87.3 Å². The van der Waals surface area contributed by atoms with Crippen molar-refractivity contribution in [3.05, 3.63) is 42.5 Å². The fourth-order valence-corrected chi connectivity index (χ4v) is 4.25. The van der Waals surface area contributed by atoms with Gasteiger partial charge in [-0.3, -0.25) is 4.79 Å². The van der Waals surface area contributed by atoms with Crippen LogP contribution in [0.15, 0.2) is 47.4 Å². The molecule has 1 unspecified atom stereocenters. The quantitative estimate of drug-likeness (QED) is 0.654. The first-order chi connectivity index (χ1) is 12.5. The van der Waals surface area contributed by atoms with Crippen molar-refractivity contribution in [2.45, 2.75) is 24.2 Å². The number of fused-ring (bicyclic) bond motifs is 1. The standard InChI is InChI=1S/C19H25N3O3S/c23-19(21-11-8-15-7-10-20-14-15)9-12-22-26(24,25)18-6-5-16-3-1-2-4-17(16)13-18/h1-6,13,15,20,22H,7-12,14H2,(H,21,23). The molecule has 3 N–H and O–H groups in total. The van der Waals surface area contributed by atoms with E-state index >= 15 is 0 Å². The molecule has 140 valence electrons. The van der Waals surface area contributed by atoms with Gasteiger partial charge in [0.05, 0.1) is 4.90 Å². The highest BCUT2D eigenvalue weighted by Crippen LogP contribution is 2.18. The van der Waals surface area contributed by atoms with Gasteiger partial charge in [0.1, 0.15) is 0 Å². The Morgan fingerprint density at radius 3 is 2.69 bits per heavy atom. The van der Waals surface area contributed by atoms with E-state index in [1.54, 1.807) is 18.2 Å². The van der Waals surface area contributed by atoms with Gasteiger partial charge in [-0.05, 0) is 54.8 Å². The van der Waals surface area contributed by atoms with Crippen molar-refractivity contribution < 1.29 is 13.2 Å². The van der Waals surface area contributed by atoms with Crippen LogP contribution >= 0.6 is 0 Å². The van der Waals surface area contributed by atoms with Crippen molar-refractivity contribution in [3.63, 3.8) is 0 Å². The summed E-state index contributed by atoms with van der Waals surface area (Å²) >= 11 is 0. The van der Waals surface area contributed by atoms with E-state index in [4.69, 9.17) is 0 Å². The van der Waals surface area contributed by atoms with Gasteiger partial charge in [-0.1, -0.05) is 30.3 Å². The number of hydrogen-bond donors (Lipinski definition) is 3. The summed E-state index contributed by atoms with van der Waals surface area (Å²) in [4.78, 5) is 12.1. The van der Waals surface area contributed by atoms with Crippen molar-refractivity contribution in [1.29, 1.82) is 0 Å². The van der Waals surface area contributed by atoms with Crippen LogP contribution in [0.2, 0.25) is 0 Å². The molecule has 0 radical (unpaired) electrons. The fourth-order valence-electron chi connectivity index (χ4n) is 3.18. The first kappa shape index (κ1) is 18.8. The average Bonchev–Trinajstić information content (AvgIpc) is 3.14. The Hall–Kier alpha value is -1.96. The summed E-state index contributed by atoms with van der Waals surface area (Å²) in [6, 6.07) is 12.6. The molecule has 7 heteroatoms. The van der Waals surface area contributed by atoms with Gasteiger partial charge < -0.3 is 10.6 Å². The molecular weight excluding hydrogens is 350 g/mol. The lowest BCUT2D eigenvalue weighted by Crippen LogP contribution is -2.31. The zero-order chi connectivity index (χ0) is 18.4. The SMILES string of the molecule is O=C(CCNS(=O)(=O)c1ccc2ccccc2c1)NCCC1CCNC1. The van der Waals surface area contributed by atoms with E-state index in [0.29, 0.717) is 12.5 Å². The van der Waals surface area contributed by atoms with E-state index < -0.39 is 10.0 Å². The summed E-state index contributed by atoms with van der Waals surface area (Å²) in [5.74, 6) is 0.499. The molecule has 1 atom stereocenters. The van der Waals surface area contributed by atoms with Gasteiger partial charge in [0.15, 0.2) is 0 Å². The highest BCUT2D eigenvalue weighted by atomic mass is 32.2. The number of benzene rings is 2. The zero-order valence-electron chi connectivity index (χ0n) is 14.7. The van der Waals surface area contributed by atoms with E-state index in [2.05, 4.69) is 15.4 Å². The number of amides is 1. The summed E-state index contributed by atoms with van der Waals surface area (Å²) in [5, 5.41) is 8.02. The molecule has 1 amide bonds.